The molecule has 1 aliphatic carbocycles. The first-order valence-electron chi connectivity index (χ1n) is 4.80. The second kappa shape index (κ2) is 3.77. The molecule has 2 rings (SSSR count). The standard InChI is InChI=1S/C9H12N2O3/c12-8(13)5-4-7-10-9(11-14-7)6-2-1-3-6/h6H,1-5H2,(H,12,13). The minimum atomic E-state index is -0.839. The van der Waals surface area contributed by atoms with E-state index >= 15 is 0 Å². The molecular weight excluding hydrogens is 184 g/mol. The SMILES string of the molecule is O=C(O)CCc1nc(C2CCC2)no1. The van der Waals surface area contributed by atoms with E-state index in [1.54, 1.807) is 0 Å². The molecule has 0 amide bonds. The number of aromatic nitrogens is 2. The van der Waals surface area contributed by atoms with Crippen LogP contribution in [0, 0.1) is 0 Å². The first-order valence-corrected chi connectivity index (χ1v) is 4.80. The van der Waals surface area contributed by atoms with Gasteiger partial charge in [-0.05, 0) is 12.8 Å². The summed E-state index contributed by atoms with van der Waals surface area (Å²) in [5, 5.41) is 12.3. The first-order chi connectivity index (χ1) is 6.75. The lowest BCUT2D eigenvalue weighted by Gasteiger charge is -2.20. The van der Waals surface area contributed by atoms with Crippen LogP contribution in [0.4, 0.5) is 0 Å². The largest absolute Gasteiger partial charge is 0.481 e. The van der Waals surface area contributed by atoms with Crippen molar-refractivity contribution >= 4 is 5.97 Å². The summed E-state index contributed by atoms with van der Waals surface area (Å²) < 4.78 is 4.95. The maximum Gasteiger partial charge on any atom is 0.303 e. The van der Waals surface area contributed by atoms with E-state index in [-0.39, 0.29) is 6.42 Å². The van der Waals surface area contributed by atoms with Crippen molar-refractivity contribution in [3.8, 4) is 0 Å². The molecule has 1 fully saturated rings. The number of aryl methyl sites for hydroxylation is 1. The molecule has 0 saturated heterocycles. The third-order valence-electron chi connectivity index (χ3n) is 2.51. The smallest absolute Gasteiger partial charge is 0.303 e. The Morgan fingerprint density at radius 2 is 2.36 bits per heavy atom. The molecule has 0 unspecified atom stereocenters. The summed E-state index contributed by atoms with van der Waals surface area (Å²) in [5.74, 6) is 0.789. The van der Waals surface area contributed by atoms with Crippen LogP contribution in [0.2, 0.25) is 0 Å². The average molecular weight is 196 g/mol. The van der Waals surface area contributed by atoms with Gasteiger partial charge in [0, 0.05) is 12.3 Å². The van der Waals surface area contributed by atoms with E-state index in [0.29, 0.717) is 18.2 Å². The van der Waals surface area contributed by atoms with Gasteiger partial charge in [-0.25, -0.2) is 0 Å². The summed E-state index contributed by atoms with van der Waals surface area (Å²) in [6.07, 6.45) is 3.85. The summed E-state index contributed by atoms with van der Waals surface area (Å²) in [4.78, 5) is 14.5. The van der Waals surface area contributed by atoms with Crippen LogP contribution in [0.5, 0.6) is 0 Å². The first kappa shape index (κ1) is 9.18. The van der Waals surface area contributed by atoms with E-state index in [4.69, 9.17) is 9.63 Å². The Balaban J connectivity index is 1.92. The van der Waals surface area contributed by atoms with E-state index < -0.39 is 5.97 Å². The van der Waals surface area contributed by atoms with Crippen LogP contribution in [0.15, 0.2) is 4.52 Å². The van der Waals surface area contributed by atoms with Crippen LogP contribution in [-0.4, -0.2) is 21.2 Å². The molecule has 1 heterocycles. The fraction of sp³-hybridized carbons (Fsp3) is 0.667. The third-order valence-corrected chi connectivity index (χ3v) is 2.51. The predicted molar refractivity (Wildman–Crippen MR) is 46.8 cm³/mol. The number of aliphatic carboxylic acids is 1. The lowest BCUT2D eigenvalue weighted by Crippen LogP contribution is -2.10. The highest BCUT2D eigenvalue weighted by Crippen LogP contribution is 2.34. The molecule has 0 bridgehead atoms. The van der Waals surface area contributed by atoms with Gasteiger partial charge in [0.2, 0.25) is 5.89 Å². The number of carbonyl (C=O) groups is 1. The number of carboxylic acid groups (broad SMARTS) is 1. The van der Waals surface area contributed by atoms with Gasteiger partial charge in [-0.2, -0.15) is 4.98 Å². The Labute approximate surface area is 81.1 Å². The fourth-order valence-corrected chi connectivity index (χ4v) is 1.42. The van der Waals surface area contributed by atoms with Crippen molar-refractivity contribution in [1.82, 2.24) is 10.1 Å². The molecule has 5 nitrogen and oxygen atoms in total. The Kier molecular flexibility index (Phi) is 2.47. The highest BCUT2D eigenvalue weighted by atomic mass is 16.5. The van der Waals surface area contributed by atoms with Crippen LogP contribution in [0.1, 0.15) is 43.3 Å². The molecule has 0 spiro atoms. The highest BCUT2D eigenvalue weighted by Gasteiger charge is 2.24. The second-order valence-corrected chi connectivity index (χ2v) is 3.57. The maximum absolute atomic E-state index is 10.3. The molecule has 0 atom stereocenters. The number of rotatable bonds is 4. The molecule has 1 aromatic heterocycles. The van der Waals surface area contributed by atoms with E-state index in [0.717, 1.165) is 18.7 Å². The van der Waals surface area contributed by atoms with Crippen LogP contribution in [0.3, 0.4) is 0 Å². The molecule has 14 heavy (non-hydrogen) atoms. The highest BCUT2D eigenvalue weighted by molar-refractivity contribution is 5.66. The number of hydrogen-bond donors (Lipinski definition) is 1. The monoisotopic (exact) mass is 196 g/mol. The fourth-order valence-electron chi connectivity index (χ4n) is 1.42. The van der Waals surface area contributed by atoms with Crippen LogP contribution in [0.25, 0.3) is 0 Å². The summed E-state index contributed by atoms with van der Waals surface area (Å²) in [7, 11) is 0. The zero-order valence-electron chi connectivity index (χ0n) is 7.77. The van der Waals surface area contributed by atoms with Crippen molar-refractivity contribution in [1.29, 1.82) is 0 Å². The summed E-state index contributed by atoms with van der Waals surface area (Å²) in [5.41, 5.74) is 0. The van der Waals surface area contributed by atoms with E-state index in [2.05, 4.69) is 10.1 Å². The predicted octanol–water partition coefficient (Wildman–Crippen LogP) is 1.35. The molecule has 0 aliphatic heterocycles. The minimum Gasteiger partial charge on any atom is -0.481 e. The summed E-state index contributed by atoms with van der Waals surface area (Å²) in [6.45, 7) is 0. The van der Waals surface area contributed by atoms with Crippen molar-refractivity contribution in [2.24, 2.45) is 0 Å². The molecule has 76 valence electrons. The van der Waals surface area contributed by atoms with Gasteiger partial charge < -0.3 is 9.63 Å². The summed E-state index contributed by atoms with van der Waals surface area (Å²) >= 11 is 0. The topological polar surface area (TPSA) is 76.2 Å². The number of hydrogen-bond acceptors (Lipinski definition) is 4. The van der Waals surface area contributed by atoms with E-state index in [1.807, 2.05) is 0 Å². The minimum absolute atomic E-state index is 0.0479. The molecule has 1 aromatic rings. The zero-order valence-corrected chi connectivity index (χ0v) is 7.77. The van der Waals surface area contributed by atoms with E-state index in [1.165, 1.54) is 6.42 Å². The van der Waals surface area contributed by atoms with Gasteiger partial charge in [-0.1, -0.05) is 11.6 Å². The van der Waals surface area contributed by atoms with Crippen molar-refractivity contribution in [3.05, 3.63) is 11.7 Å². The Morgan fingerprint density at radius 1 is 1.57 bits per heavy atom. The maximum atomic E-state index is 10.3. The molecule has 1 saturated carbocycles. The molecule has 1 N–H and O–H groups in total. The van der Waals surface area contributed by atoms with Gasteiger partial charge in [0.05, 0.1) is 6.42 Å². The van der Waals surface area contributed by atoms with Gasteiger partial charge in [0.1, 0.15) is 0 Å². The number of carboxylic acids is 1. The Morgan fingerprint density at radius 3 is 2.93 bits per heavy atom. The Bertz CT molecular complexity index is 331. The zero-order chi connectivity index (χ0) is 9.97. The van der Waals surface area contributed by atoms with Gasteiger partial charge in [-0.3, -0.25) is 4.79 Å². The van der Waals surface area contributed by atoms with Crippen LogP contribution < -0.4 is 0 Å². The lowest BCUT2D eigenvalue weighted by atomic mass is 9.85. The third kappa shape index (κ3) is 1.92. The van der Waals surface area contributed by atoms with Gasteiger partial charge in [0.15, 0.2) is 5.82 Å². The van der Waals surface area contributed by atoms with E-state index in [9.17, 15) is 4.79 Å². The molecule has 0 aromatic carbocycles. The lowest BCUT2D eigenvalue weighted by molar-refractivity contribution is -0.137. The second-order valence-electron chi connectivity index (χ2n) is 3.57. The van der Waals surface area contributed by atoms with Gasteiger partial charge in [-0.15, -0.1) is 0 Å². The normalized spacial score (nSPS) is 16.6. The number of nitrogens with zero attached hydrogens (tertiary/aromatic N) is 2. The molecule has 1 aliphatic rings. The quantitative estimate of drug-likeness (QED) is 0.786. The van der Waals surface area contributed by atoms with Crippen molar-refractivity contribution < 1.29 is 14.4 Å². The van der Waals surface area contributed by atoms with Crippen LogP contribution >= 0.6 is 0 Å². The Hall–Kier alpha value is -1.39. The van der Waals surface area contributed by atoms with Crippen LogP contribution in [-0.2, 0) is 11.2 Å². The van der Waals surface area contributed by atoms with Gasteiger partial charge >= 0.3 is 5.97 Å². The summed E-state index contributed by atoms with van der Waals surface area (Å²) in [6, 6.07) is 0. The molecule has 0 radical (unpaired) electrons. The molecule has 5 heteroatoms. The molecular formula is C9H12N2O3. The van der Waals surface area contributed by atoms with Gasteiger partial charge in [0.25, 0.3) is 0 Å². The average Bonchev–Trinajstić information content (AvgIpc) is 2.46. The van der Waals surface area contributed by atoms with Crippen molar-refractivity contribution in [3.63, 3.8) is 0 Å². The van der Waals surface area contributed by atoms with Crippen molar-refractivity contribution in [2.75, 3.05) is 0 Å². The van der Waals surface area contributed by atoms with Crippen molar-refractivity contribution in [2.45, 2.75) is 38.0 Å².